The van der Waals surface area contributed by atoms with E-state index in [1.807, 2.05) is 0 Å². The third-order valence-corrected chi connectivity index (χ3v) is 3.98. The summed E-state index contributed by atoms with van der Waals surface area (Å²) in [5, 5.41) is 6.88. The molecule has 1 heterocycles. The van der Waals surface area contributed by atoms with E-state index < -0.39 is 0 Å². The van der Waals surface area contributed by atoms with Crippen LogP contribution in [0.15, 0.2) is 5.38 Å². The molecule has 0 aliphatic heterocycles. The molecule has 0 aromatic carbocycles. The highest BCUT2D eigenvalue weighted by Crippen LogP contribution is 2.10. The predicted molar refractivity (Wildman–Crippen MR) is 76.5 cm³/mol. The standard InChI is InChI=1S/C14H26N2S/c1-4-5-6-7-8-9-12(2)15-10-14-16-13(3)11-17-14/h11-12,15H,4-10H2,1-3H3. The smallest absolute Gasteiger partial charge is 0.107 e. The van der Waals surface area contributed by atoms with Crippen molar-refractivity contribution in [2.75, 3.05) is 0 Å². The maximum absolute atomic E-state index is 4.46. The van der Waals surface area contributed by atoms with Gasteiger partial charge in [-0.25, -0.2) is 4.98 Å². The summed E-state index contributed by atoms with van der Waals surface area (Å²) < 4.78 is 0. The lowest BCUT2D eigenvalue weighted by Crippen LogP contribution is -2.25. The zero-order valence-corrected chi connectivity index (χ0v) is 12.3. The average Bonchev–Trinajstić information content (AvgIpc) is 2.72. The predicted octanol–water partition coefficient (Wildman–Crippen LogP) is 4.29. The zero-order valence-electron chi connectivity index (χ0n) is 11.5. The van der Waals surface area contributed by atoms with Crippen LogP contribution < -0.4 is 5.32 Å². The first-order valence-corrected chi connectivity index (χ1v) is 7.74. The van der Waals surface area contributed by atoms with E-state index in [1.54, 1.807) is 11.3 Å². The molecule has 0 bridgehead atoms. The van der Waals surface area contributed by atoms with Crippen LogP contribution in [0.25, 0.3) is 0 Å². The second kappa shape index (κ2) is 8.65. The van der Waals surface area contributed by atoms with Gasteiger partial charge in [-0.1, -0.05) is 39.0 Å². The number of aryl methyl sites for hydroxylation is 1. The van der Waals surface area contributed by atoms with Crippen LogP contribution in [0.2, 0.25) is 0 Å². The van der Waals surface area contributed by atoms with E-state index in [0.717, 1.165) is 12.2 Å². The number of unbranched alkanes of at least 4 members (excludes halogenated alkanes) is 4. The van der Waals surface area contributed by atoms with Gasteiger partial charge in [-0.3, -0.25) is 0 Å². The monoisotopic (exact) mass is 254 g/mol. The normalized spacial score (nSPS) is 12.9. The molecule has 98 valence electrons. The van der Waals surface area contributed by atoms with Crippen LogP contribution in [-0.2, 0) is 6.54 Å². The Hall–Kier alpha value is -0.410. The Morgan fingerprint density at radius 2 is 2.06 bits per heavy atom. The molecular weight excluding hydrogens is 228 g/mol. The van der Waals surface area contributed by atoms with Crippen molar-refractivity contribution in [2.24, 2.45) is 0 Å². The van der Waals surface area contributed by atoms with Crippen LogP contribution >= 0.6 is 11.3 Å². The van der Waals surface area contributed by atoms with Gasteiger partial charge in [0.05, 0.1) is 0 Å². The minimum absolute atomic E-state index is 0.612. The summed E-state index contributed by atoms with van der Waals surface area (Å²) in [6, 6.07) is 0.612. The Morgan fingerprint density at radius 3 is 2.71 bits per heavy atom. The van der Waals surface area contributed by atoms with Gasteiger partial charge in [-0.2, -0.15) is 0 Å². The molecule has 0 aliphatic rings. The lowest BCUT2D eigenvalue weighted by atomic mass is 10.1. The third-order valence-electron chi connectivity index (χ3n) is 3.01. The fourth-order valence-corrected chi connectivity index (χ4v) is 2.62. The molecule has 1 aromatic rings. The van der Waals surface area contributed by atoms with Gasteiger partial charge in [-0.15, -0.1) is 11.3 Å². The molecule has 3 heteroatoms. The minimum atomic E-state index is 0.612. The average molecular weight is 254 g/mol. The van der Waals surface area contributed by atoms with E-state index in [0.29, 0.717) is 6.04 Å². The molecule has 0 spiro atoms. The van der Waals surface area contributed by atoms with Crippen LogP contribution in [0, 0.1) is 6.92 Å². The van der Waals surface area contributed by atoms with Crippen molar-refractivity contribution in [3.8, 4) is 0 Å². The Kier molecular flexibility index (Phi) is 7.45. The van der Waals surface area contributed by atoms with Crippen molar-refractivity contribution in [2.45, 2.75) is 71.9 Å². The first kappa shape index (κ1) is 14.7. The van der Waals surface area contributed by atoms with E-state index >= 15 is 0 Å². The Balaban J connectivity index is 2.03. The topological polar surface area (TPSA) is 24.9 Å². The third kappa shape index (κ3) is 6.79. The molecule has 1 aromatic heterocycles. The van der Waals surface area contributed by atoms with Crippen LogP contribution in [0.3, 0.4) is 0 Å². The van der Waals surface area contributed by atoms with Gasteiger partial charge in [0.15, 0.2) is 0 Å². The zero-order chi connectivity index (χ0) is 12.5. The summed E-state index contributed by atoms with van der Waals surface area (Å²) in [7, 11) is 0. The van der Waals surface area contributed by atoms with Crippen molar-refractivity contribution >= 4 is 11.3 Å². The first-order chi connectivity index (χ1) is 8.22. The van der Waals surface area contributed by atoms with Gasteiger partial charge in [-0.05, 0) is 20.3 Å². The number of nitrogens with one attached hydrogen (secondary N) is 1. The molecule has 17 heavy (non-hydrogen) atoms. The molecule has 1 rings (SSSR count). The van der Waals surface area contributed by atoms with E-state index in [9.17, 15) is 0 Å². The lowest BCUT2D eigenvalue weighted by molar-refractivity contribution is 0.479. The number of hydrogen-bond acceptors (Lipinski definition) is 3. The van der Waals surface area contributed by atoms with Crippen molar-refractivity contribution < 1.29 is 0 Å². The van der Waals surface area contributed by atoms with Crippen LogP contribution in [0.1, 0.15) is 63.1 Å². The van der Waals surface area contributed by atoms with Crippen LogP contribution in [0.5, 0.6) is 0 Å². The largest absolute Gasteiger partial charge is 0.308 e. The van der Waals surface area contributed by atoms with E-state index in [-0.39, 0.29) is 0 Å². The molecule has 1 unspecified atom stereocenters. The summed E-state index contributed by atoms with van der Waals surface area (Å²) in [5.74, 6) is 0. The first-order valence-electron chi connectivity index (χ1n) is 6.86. The highest BCUT2D eigenvalue weighted by molar-refractivity contribution is 7.09. The number of rotatable bonds is 9. The van der Waals surface area contributed by atoms with Crippen molar-refractivity contribution in [1.82, 2.24) is 10.3 Å². The highest BCUT2D eigenvalue weighted by atomic mass is 32.1. The van der Waals surface area contributed by atoms with Gasteiger partial charge in [0.2, 0.25) is 0 Å². The van der Waals surface area contributed by atoms with Gasteiger partial charge in [0.1, 0.15) is 5.01 Å². The molecule has 0 amide bonds. The summed E-state index contributed by atoms with van der Waals surface area (Å²) in [5.41, 5.74) is 1.14. The minimum Gasteiger partial charge on any atom is -0.308 e. The lowest BCUT2D eigenvalue weighted by Gasteiger charge is -2.12. The van der Waals surface area contributed by atoms with Crippen molar-refractivity contribution in [3.05, 3.63) is 16.1 Å². The Labute approximate surface area is 110 Å². The fourth-order valence-electron chi connectivity index (χ4n) is 1.90. The number of nitrogens with zero attached hydrogens (tertiary/aromatic N) is 1. The van der Waals surface area contributed by atoms with E-state index in [4.69, 9.17) is 0 Å². The molecule has 0 saturated heterocycles. The molecular formula is C14H26N2S. The van der Waals surface area contributed by atoms with E-state index in [1.165, 1.54) is 43.5 Å². The summed E-state index contributed by atoms with van der Waals surface area (Å²) in [4.78, 5) is 4.46. The Morgan fingerprint density at radius 1 is 1.29 bits per heavy atom. The quantitative estimate of drug-likeness (QED) is 0.665. The Bertz CT molecular complexity index is 296. The highest BCUT2D eigenvalue weighted by Gasteiger charge is 2.03. The molecule has 2 nitrogen and oxygen atoms in total. The van der Waals surface area contributed by atoms with E-state index in [2.05, 4.69) is 36.5 Å². The number of hydrogen-bond donors (Lipinski definition) is 1. The van der Waals surface area contributed by atoms with Gasteiger partial charge in [0, 0.05) is 23.7 Å². The van der Waals surface area contributed by atoms with Crippen molar-refractivity contribution in [3.63, 3.8) is 0 Å². The number of aromatic nitrogens is 1. The molecule has 0 aliphatic carbocycles. The van der Waals surface area contributed by atoms with Crippen LogP contribution in [-0.4, -0.2) is 11.0 Å². The molecule has 0 radical (unpaired) electrons. The second-order valence-electron chi connectivity index (χ2n) is 4.87. The summed E-state index contributed by atoms with van der Waals surface area (Å²) in [6.45, 7) is 7.52. The maximum Gasteiger partial charge on any atom is 0.107 e. The van der Waals surface area contributed by atoms with Crippen molar-refractivity contribution in [1.29, 1.82) is 0 Å². The molecule has 0 fully saturated rings. The van der Waals surface area contributed by atoms with Crippen LogP contribution in [0.4, 0.5) is 0 Å². The fraction of sp³-hybridized carbons (Fsp3) is 0.786. The van der Waals surface area contributed by atoms with Gasteiger partial charge in [0.25, 0.3) is 0 Å². The summed E-state index contributed by atoms with van der Waals surface area (Å²) >= 11 is 1.75. The molecule has 1 atom stereocenters. The van der Waals surface area contributed by atoms with Gasteiger partial charge >= 0.3 is 0 Å². The van der Waals surface area contributed by atoms with Gasteiger partial charge < -0.3 is 5.32 Å². The maximum atomic E-state index is 4.46. The molecule has 0 saturated carbocycles. The molecule has 1 N–H and O–H groups in total. The number of thiazole rings is 1. The SMILES string of the molecule is CCCCCCCC(C)NCc1nc(C)cs1. The second-order valence-corrected chi connectivity index (χ2v) is 5.81. The summed E-state index contributed by atoms with van der Waals surface area (Å²) in [6.07, 6.45) is 8.14.